The van der Waals surface area contributed by atoms with E-state index < -0.39 is 0 Å². The monoisotopic (exact) mass is 380 g/mol. The smallest absolute Gasteiger partial charge is 0.254 e. The van der Waals surface area contributed by atoms with Crippen molar-refractivity contribution in [2.45, 2.75) is 45.1 Å². The van der Waals surface area contributed by atoms with E-state index in [0.717, 1.165) is 30.5 Å². The first-order valence-electron chi connectivity index (χ1n) is 10.3. The van der Waals surface area contributed by atoms with Crippen LogP contribution in [0.1, 0.15) is 48.2 Å². The molecule has 2 aromatic rings. The number of anilines is 2. The summed E-state index contributed by atoms with van der Waals surface area (Å²) in [7, 11) is 0. The van der Waals surface area contributed by atoms with E-state index in [0.29, 0.717) is 24.7 Å². The molecule has 7 nitrogen and oxygen atoms in total. The number of hydrogen-bond acceptors (Lipinski definition) is 6. The number of rotatable bonds is 4. The van der Waals surface area contributed by atoms with Crippen molar-refractivity contribution in [3.8, 4) is 0 Å². The molecule has 1 saturated carbocycles. The highest BCUT2D eigenvalue weighted by Gasteiger charge is 2.23. The Bertz CT molecular complexity index is 798. The van der Waals surface area contributed by atoms with Gasteiger partial charge in [0.2, 0.25) is 5.95 Å². The molecule has 1 N–H and O–H groups in total. The number of carbonyl (C=O) groups is 1. The van der Waals surface area contributed by atoms with Gasteiger partial charge < -0.3 is 15.1 Å². The molecule has 1 aliphatic carbocycles. The van der Waals surface area contributed by atoms with Crippen LogP contribution in [0.15, 0.2) is 30.6 Å². The number of aryl methyl sites for hydroxylation is 1. The van der Waals surface area contributed by atoms with Crippen molar-refractivity contribution < 1.29 is 4.79 Å². The summed E-state index contributed by atoms with van der Waals surface area (Å²) in [5.74, 6) is 1.75. The largest absolute Gasteiger partial charge is 0.353 e. The van der Waals surface area contributed by atoms with Crippen LogP contribution in [0.2, 0.25) is 0 Å². The fourth-order valence-corrected chi connectivity index (χ4v) is 4.02. The fourth-order valence-electron chi connectivity index (χ4n) is 4.02. The summed E-state index contributed by atoms with van der Waals surface area (Å²) in [6.45, 7) is 4.94. The van der Waals surface area contributed by atoms with Crippen LogP contribution in [0.25, 0.3) is 0 Å². The Balaban J connectivity index is 1.39. The van der Waals surface area contributed by atoms with E-state index in [4.69, 9.17) is 4.98 Å². The summed E-state index contributed by atoms with van der Waals surface area (Å²) in [5.41, 5.74) is 1.67. The second kappa shape index (κ2) is 8.54. The van der Waals surface area contributed by atoms with Gasteiger partial charge in [0.25, 0.3) is 5.91 Å². The second-order valence-corrected chi connectivity index (χ2v) is 7.69. The molecule has 1 saturated heterocycles. The molecular weight excluding hydrogens is 352 g/mol. The Morgan fingerprint density at radius 2 is 1.75 bits per heavy atom. The minimum Gasteiger partial charge on any atom is -0.353 e. The summed E-state index contributed by atoms with van der Waals surface area (Å²) in [6.07, 6.45) is 9.61. The quantitative estimate of drug-likeness (QED) is 0.879. The molecular formula is C21H28N6O. The van der Waals surface area contributed by atoms with Gasteiger partial charge in [-0.1, -0.05) is 19.3 Å². The Hall–Kier alpha value is -2.70. The molecule has 0 bridgehead atoms. The first-order valence-corrected chi connectivity index (χ1v) is 10.3. The fraction of sp³-hybridized carbons (Fsp3) is 0.524. The number of nitrogens with one attached hydrogen (secondary N) is 1. The summed E-state index contributed by atoms with van der Waals surface area (Å²) in [6, 6.07) is 6.06. The summed E-state index contributed by atoms with van der Waals surface area (Å²) >= 11 is 0. The van der Waals surface area contributed by atoms with E-state index in [1.54, 1.807) is 24.5 Å². The molecule has 2 aliphatic rings. The van der Waals surface area contributed by atoms with Gasteiger partial charge in [0.1, 0.15) is 5.82 Å². The Morgan fingerprint density at radius 1 is 1.04 bits per heavy atom. The lowest BCUT2D eigenvalue weighted by molar-refractivity contribution is 0.0746. The van der Waals surface area contributed by atoms with E-state index in [2.05, 4.69) is 20.2 Å². The maximum absolute atomic E-state index is 12.6. The third-order valence-corrected chi connectivity index (χ3v) is 5.60. The number of hydrogen-bond donors (Lipinski definition) is 1. The van der Waals surface area contributed by atoms with Crippen LogP contribution in [-0.4, -0.2) is 58.0 Å². The average molecular weight is 380 g/mol. The number of nitrogens with zero attached hydrogens (tertiary/aromatic N) is 5. The van der Waals surface area contributed by atoms with Gasteiger partial charge in [-0.2, -0.15) is 4.98 Å². The lowest BCUT2D eigenvalue weighted by atomic mass is 9.96. The predicted octanol–water partition coefficient (Wildman–Crippen LogP) is 2.89. The third kappa shape index (κ3) is 4.40. The van der Waals surface area contributed by atoms with Gasteiger partial charge in [-0.15, -0.1) is 0 Å². The standard InChI is InChI=1S/C21H28N6O/c1-16-15-19(25-21(23-16)24-18-5-3-2-4-6-18)26-11-13-27(14-12-26)20(28)17-7-9-22-10-8-17/h7-10,15,18H,2-6,11-14H2,1H3,(H,23,24,25). The van der Waals surface area contributed by atoms with Crippen LogP contribution in [0.3, 0.4) is 0 Å². The van der Waals surface area contributed by atoms with Crippen LogP contribution in [0.5, 0.6) is 0 Å². The maximum Gasteiger partial charge on any atom is 0.254 e. The normalized spacial score (nSPS) is 18.2. The first-order chi connectivity index (χ1) is 13.7. The zero-order valence-corrected chi connectivity index (χ0v) is 16.5. The summed E-state index contributed by atoms with van der Waals surface area (Å²) in [5, 5.41) is 3.53. The molecule has 2 aromatic heterocycles. The van der Waals surface area contributed by atoms with Gasteiger partial charge in [-0.25, -0.2) is 4.98 Å². The van der Waals surface area contributed by atoms with Gasteiger partial charge in [0.15, 0.2) is 0 Å². The minimum atomic E-state index is 0.0700. The van der Waals surface area contributed by atoms with E-state index in [1.165, 1.54) is 32.1 Å². The zero-order valence-electron chi connectivity index (χ0n) is 16.5. The molecule has 0 radical (unpaired) electrons. The van der Waals surface area contributed by atoms with E-state index in [-0.39, 0.29) is 5.91 Å². The topological polar surface area (TPSA) is 74.2 Å². The summed E-state index contributed by atoms with van der Waals surface area (Å²) in [4.78, 5) is 30.1. The average Bonchev–Trinajstić information content (AvgIpc) is 2.74. The second-order valence-electron chi connectivity index (χ2n) is 7.69. The predicted molar refractivity (Wildman–Crippen MR) is 110 cm³/mol. The first kappa shape index (κ1) is 18.7. The van der Waals surface area contributed by atoms with Crippen molar-refractivity contribution in [1.82, 2.24) is 19.9 Å². The van der Waals surface area contributed by atoms with E-state index in [1.807, 2.05) is 17.9 Å². The van der Waals surface area contributed by atoms with E-state index in [9.17, 15) is 4.79 Å². The molecule has 4 rings (SSSR count). The van der Waals surface area contributed by atoms with Crippen molar-refractivity contribution in [2.24, 2.45) is 0 Å². The molecule has 7 heteroatoms. The van der Waals surface area contributed by atoms with Gasteiger partial charge in [0, 0.05) is 61.9 Å². The number of pyridine rings is 1. The zero-order chi connectivity index (χ0) is 19.3. The van der Waals surface area contributed by atoms with Crippen molar-refractivity contribution in [1.29, 1.82) is 0 Å². The highest BCUT2D eigenvalue weighted by molar-refractivity contribution is 5.94. The third-order valence-electron chi connectivity index (χ3n) is 5.60. The van der Waals surface area contributed by atoms with Crippen molar-refractivity contribution in [3.05, 3.63) is 41.9 Å². The molecule has 1 aliphatic heterocycles. The van der Waals surface area contributed by atoms with Crippen LogP contribution >= 0.6 is 0 Å². The highest BCUT2D eigenvalue weighted by atomic mass is 16.2. The minimum absolute atomic E-state index is 0.0700. The van der Waals surface area contributed by atoms with Gasteiger partial charge in [0.05, 0.1) is 0 Å². The van der Waals surface area contributed by atoms with E-state index >= 15 is 0 Å². The van der Waals surface area contributed by atoms with Gasteiger partial charge in [-0.3, -0.25) is 9.78 Å². The number of piperazine rings is 1. The van der Waals surface area contributed by atoms with Crippen molar-refractivity contribution >= 4 is 17.7 Å². The Morgan fingerprint density at radius 3 is 2.46 bits per heavy atom. The molecule has 0 spiro atoms. The van der Waals surface area contributed by atoms with Crippen LogP contribution in [0.4, 0.5) is 11.8 Å². The molecule has 1 amide bonds. The van der Waals surface area contributed by atoms with Crippen LogP contribution in [0, 0.1) is 6.92 Å². The molecule has 148 valence electrons. The SMILES string of the molecule is Cc1cc(N2CCN(C(=O)c3ccncc3)CC2)nc(NC2CCCCC2)n1. The molecule has 28 heavy (non-hydrogen) atoms. The molecule has 0 aromatic carbocycles. The molecule has 2 fully saturated rings. The van der Waals surface area contributed by atoms with Gasteiger partial charge in [-0.05, 0) is 31.9 Å². The summed E-state index contributed by atoms with van der Waals surface area (Å²) < 4.78 is 0. The lowest BCUT2D eigenvalue weighted by Gasteiger charge is -2.35. The molecule has 3 heterocycles. The highest BCUT2D eigenvalue weighted by Crippen LogP contribution is 2.22. The Kier molecular flexibility index (Phi) is 5.69. The molecule has 0 atom stereocenters. The number of carbonyl (C=O) groups excluding carboxylic acids is 1. The van der Waals surface area contributed by atoms with Crippen molar-refractivity contribution in [2.75, 3.05) is 36.4 Å². The van der Waals surface area contributed by atoms with Crippen LogP contribution in [-0.2, 0) is 0 Å². The van der Waals surface area contributed by atoms with Gasteiger partial charge >= 0.3 is 0 Å². The Labute approximate surface area is 166 Å². The number of aromatic nitrogens is 3. The number of amides is 1. The maximum atomic E-state index is 12.6. The molecule has 0 unspecified atom stereocenters. The lowest BCUT2D eigenvalue weighted by Crippen LogP contribution is -2.49. The van der Waals surface area contributed by atoms with Crippen LogP contribution < -0.4 is 10.2 Å². The van der Waals surface area contributed by atoms with Crippen molar-refractivity contribution in [3.63, 3.8) is 0 Å².